The molecule has 0 spiro atoms. The van der Waals surface area contributed by atoms with E-state index in [4.69, 9.17) is 16.3 Å². The number of hydrogen-bond acceptors (Lipinski definition) is 6. The zero-order valence-electron chi connectivity index (χ0n) is 17.6. The van der Waals surface area contributed by atoms with Crippen molar-refractivity contribution in [2.75, 3.05) is 18.2 Å². The van der Waals surface area contributed by atoms with E-state index in [0.717, 1.165) is 21.8 Å². The number of carbonyl (C=O) groups excluding carboxylic acids is 3. The van der Waals surface area contributed by atoms with Crippen LogP contribution < -0.4 is 10.6 Å². The van der Waals surface area contributed by atoms with Gasteiger partial charge in [-0.2, -0.15) is 5.26 Å². The Morgan fingerprint density at radius 1 is 1.30 bits per heavy atom. The summed E-state index contributed by atoms with van der Waals surface area (Å²) in [5.41, 5.74) is 2.09. The summed E-state index contributed by atoms with van der Waals surface area (Å²) in [4.78, 5) is 37.8. The van der Waals surface area contributed by atoms with Crippen molar-refractivity contribution >= 4 is 62.8 Å². The Morgan fingerprint density at radius 2 is 2.03 bits per heavy atom. The van der Waals surface area contributed by atoms with Gasteiger partial charge in [-0.25, -0.2) is 0 Å². The molecule has 2 atom stereocenters. The fourth-order valence-corrected chi connectivity index (χ4v) is 4.89. The van der Waals surface area contributed by atoms with E-state index in [1.807, 2.05) is 0 Å². The van der Waals surface area contributed by atoms with Crippen molar-refractivity contribution in [3.05, 3.63) is 73.7 Å². The first-order valence-corrected chi connectivity index (χ1v) is 11.9. The molecular weight excluding hydrogens is 530 g/mol. The maximum absolute atomic E-state index is 12.9. The quantitative estimate of drug-likeness (QED) is 0.406. The Balaban J connectivity index is 1.90. The maximum atomic E-state index is 12.9. The average Bonchev–Trinajstić information content (AvgIpc) is 2.79. The van der Waals surface area contributed by atoms with E-state index < -0.39 is 23.7 Å². The highest BCUT2D eigenvalue weighted by Gasteiger charge is 2.44. The minimum Gasteiger partial charge on any atom is -0.468 e. The van der Waals surface area contributed by atoms with Crippen molar-refractivity contribution in [2.45, 2.75) is 12.8 Å². The molecule has 3 rings (SSSR count). The topological polar surface area (TPSA) is 108 Å². The minimum atomic E-state index is -1.23. The summed E-state index contributed by atoms with van der Waals surface area (Å²) in [5.74, 6) is -3.83. The third-order valence-corrected chi connectivity index (χ3v) is 7.00. The highest BCUT2D eigenvalue weighted by atomic mass is 79.9. The van der Waals surface area contributed by atoms with Crippen molar-refractivity contribution in [1.29, 1.82) is 5.26 Å². The number of benzene rings is 2. The number of halogens is 2. The predicted octanol–water partition coefficient (Wildman–Crippen LogP) is 4.52. The molecule has 10 heteroatoms. The van der Waals surface area contributed by atoms with E-state index in [2.05, 4.69) is 32.6 Å². The van der Waals surface area contributed by atoms with Gasteiger partial charge < -0.3 is 15.4 Å². The van der Waals surface area contributed by atoms with Crippen molar-refractivity contribution in [2.24, 2.45) is 5.92 Å². The van der Waals surface area contributed by atoms with Crippen LogP contribution in [0.1, 0.15) is 17.0 Å². The van der Waals surface area contributed by atoms with Gasteiger partial charge in [0.05, 0.1) is 29.5 Å². The molecule has 0 saturated carbocycles. The molecule has 0 saturated heterocycles. The molecule has 170 valence electrons. The number of nitrogens with one attached hydrogen (secondary N) is 2. The summed E-state index contributed by atoms with van der Waals surface area (Å²) in [6.45, 7) is 1.79. The molecule has 0 radical (unpaired) electrons. The lowest BCUT2D eigenvalue weighted by molar-refractivity contribution is -0.150. The van der Waals surface area contributed by atoms with E-state index in [1.54, 1.807) is 49.4 Å². The Morgan fingerprint density at radius 3 is 2.70 bits per heavy atom. The predicted molar refractivity (Wildman–Crippen MR) is 130 cm³/mol. The van der Waals surface area contributed by atoms with Crippen LogP contribution in [0.15, 0.2) is 57.5 Å². The number of methoxy groups -OCH3 is 1. The number of carbonyl (C=O) groups is 3. The molecule has 0 fully saturated rings. The molecule has 0 aliphatic carbocycles. The lowest BCUT2D eigenvalue weighted by Gasteiger charge is -2.31. The minimum absolute atomic E-state index is 0.0686. The van der Waals surface area contributed by atoms with E-state index in [0.29, 0.717) is 16.3 Å². The molecule has 1 heterocycles. The van der Waals surface area contributed by atoms with Crippen LogP contribution >= 0.6 is 39.3 Å². The number of ether oxygens (including phenoxy) is 1. The van der Waals surface area contributed by atoms with Gasteiger partial charge in [-0.1, -0.05) is 57.5 Å². The zero-order chi connectivity index (χ0) is 24.1. The fraction of sp³-hybridized carbons (Fsp3) is 0.217. The molecule has 1 aliphatic rings. The maximum Gasteiger partial charge on any atom is 0.319 e. The van der Waals surface area contributed by atoms with Crippen LogP contribution in [0.3, 0.4) is 0 Å². The lowest BCUT2D eigenvalue weighted by atomic mass is 9.78. The normalized spacial score (nSPS) is 17.7. The van der Waals surface area contributed by atoms with Crippen LogP contribution in [0.2, 0.25) is 5.02 Å². The number of nitrogens with zero attached hydrogens (tertiary/aromatic N) is 1. The molecule has 7 nitrogen and oxygen atoms in total. The lowest BCUT2D eigenvalue weighted by Crippen LogP contribution is -2.44. The summed E-state index contributed by atoms with van der Waals surface area (Å²) in [7, 11) is 1.19. The van der Waals surface area contributed by atoms with E-state index >= 15 is 0 Å². The van der Waals surface area contributed by atoms with Gasteiger partial charge in [-0.3, -0.25) is 14.4 Å². The fourth-order valence-electron chi connectivity index (χ4n) is 3.45. The molecule has 2 aromatic rings. The smallest absolute Gasteiger partial charge is 0.319 e. The number of amides is 2. The Labute approximate surface area is 208 Å². The van der Waals surface area contributed by atoms with Crippen molar-refractivity contribution in [1.82, 2.24) is 5.32 Å². The van der Waals surface area contributed by atoms with Crippen molar-refractivity contribution in [3.8, 4) is 6.07 Å². The molecule has 1 aliphatic heterocycles. The number of hydrogen-bond donors (Lipinski definition) is 2. The number of anilines is 1. The van der Waals surface area contributed by atoms with Gasteiger partial charge in [0.15, 0.2) is 0 Å². The SMILES string of the molecule is COC(=O)[C@@H]1C(=O)NC(SCC(=O)Nc2cccc(Cl)c2C)=C(C#N)[C@H]1c1cccc(Br)c1. The van der Waals surface area contributed by atoms with E-state index in [9.17, 15) is 19.6 Å². The molecule has 0 aromatic heterocycles. The number of rotatable bonds is 6. The monoisotopic (exact) mass is 547 g/mol. The van der Waals surface area contributed by atoms with Gasteiger partial charge in [0, 0.05) is 21.1 Å². The van der Waals surface area contributed by atoms with Crippen LogP contribution in [-0.4, -0.2) is 30.6 Å². The number of esters is 1. The average molecular weight is 549 g/mol. The Hall–Kier alpha value is -2.80. The summed E-state index contributed by atoms with van der Waals surface area (Å²) >= 11 is 10.5. The highest BCUT2D eigenvalue weighted by Crippen LogP contribution is 2.40. The van der Waals surface area contributed by atoms with E-state index in [-0.39, 0.29) is 22.3 Å². The largest absolute Gasteiger partial charge is 0.468 e. The summed E-state index contributed by atoms with van der Waals surface area (Å²) in [6.07, 6.45) is 0. The second kappa shape index (κ2) is 10.9. The number of nitriles is 1. The van der Waals surface area contributed by atoms with Crippen LogP contribution in [-0.2, 0) is 19.1 Å². The van der Waals surface area contributed by atoms with Gasteiger partial charge >= 0.3 is 5.97 Å². The van der Waals surface area contributed by atoms with Crippen LogP contribution in [0, 0.1) is 24.2 Å². The Kier molecular flexibility index (Phi) is 8.19. The third-order valence-electron chi connectivity index (χ3n) is 5.08. The number of allylic oxidation sites excluding steroid dienone is 1. The van der Waals surface area contributed by atoms with Gasteiger partial charge in [-0.15, -0.1) is 0 Å². The summed E-state index contributed by atoms with van der Waals surface area (Å²) in [5, 5.41) is 16.1. The summed E-state index contributed by atoms with van der Waals surface area (Å²) < 4.78 is 5.56. The van der Waals surface area contributed by atoms with Crippen molar-refractivity contribution < 1.29 is 19.1 Å². The molecule has 33 heavy (non-hydrogen) atoms. The van der Waals surface area contributed by atoms with Crippen molar-refractivity contribution in [3.63, 3.8) is 0 Å². The molecule has 2 aromatic carbocycles. The molecule has 2 N–H and O–H groups in total. The van der Waals surface area contributed by atoms with Gasteiger partial charge in [0.2, 0.25) is 11.8 Å². The second-order valence-corrected chi connectivity index (χ2v) is 9.44. The first-order chi connectivity index (χ1) is 15.8. The second-order valence-electron chi connectivity index (χ2n) is 7.13. The van der Waals surface area contributed by atoms with Gasteiger partial charge in [0.25, 0.3) is 0 Å². The van der Waals surface area contributed by atoms with Gasteiger partial charge in [-0.05, 0) is 42.3 Å². The standard InChI is InChI=1S/C23H19BrClN3O4S/c1-12-16(25)7-4-8-17(12)27-18(29)11-33-22-15(10-26)19(13-5-3-6-14(24)9-13)20(21(30)28-22)23(31)32-2/h3-9,19-20H,11H2,1-2H3,(H,27,29)(H,28,30)/t19-,20+/m1/s1. The van der Waals surface area contributed by atoms with Crippen LogP contribution in [0.25, 0.3) is 0 Å². The Bertz CT molecular complexity index is 1190. The first kappa shape index (κ1) is 24.8. The molecule has 0 unspecified atom stereocenters. The highest BCUT2D eigenvalue weighted by molar-refractivity contribution is 9.10. The van der Waals surface area contributed by atoms with Crippen LogP contribution in [0.4, 0.5) is 5.69 Å². The third kappa shape index (κ3) is 5.58. The van der Waals surface area contributed by atoms with Crippen LogP contribution in [0.5, 0.6) is 0 Å². The first-order valence-electron chi connectivity index (χ1n) is 9.73. The molecule has 0 bridgehead atoms. The summed E-state index contributed by atoms with van der Waals surface area (Å²) in [6, 6.07) is 14.3. The zero-order valence-corrected chi connectivity index (χ0v) is 20.8. The molecular formula is C23H19BrClN3O4S. The van der Waals surface area contributed by atoms with Gasteiger partial charge in [0.1, 0.15) is 5.92 Å². The van der Waals surface area contributed by atoms with E-state index in [1.165, 1.54) is 7.11 Å². The molecule has 2 amide bonds. The number of thioether (sulfide) groups is 1.